The molecule has 0 amide bonds. The van der Waals surface area contributed by atoms with Crippen LogP contribution in [0.1, 0.15) is 38.2 Å². The van der Waals surface area contributed by atoms with E-state index >= 15 is 0 Å². The van der Waals surface area contributed by atoms with Crippen LogP contribution < -0.4 is 10.1 Å². The first-order valence-electron chi connectivity index (χ1n) is 8.04. The number of ether oxygens (including phenoxy) is 2. The summed E-state index contributed by atoms with van der Waals surface area (Å²) in [6, 6.07) is 9.07. The van der Waals surface area contributed by atoms with Crippen molar-refractivity contribution >= 4 is 11.3 Å². The first-order valence-corrected chi connectivity index (χ1v) is 8.04. The average Bonchev–Trinajstić information content (AvgIpc) is 2.52. The highest BCUT2D eigenvalue weighted by Crippen LogP contribution is 2.49. The molecule has 1 unspecified atom stereocenters. The third-order valence-electron chi connectivity index (χ3n) is 4.61. The number of halogens is 1. The van der Waals surface area contributed by atoms with Gasteiger partial charge in [0.1, 0.15) is 0 Å². The van der Waals surface area contributed by atoms with Crippen LogP contribution in [0.25, 0.3) is 16.7 Å². The van der Waals surface area contributed by atoms with E-state index in [0.717, 1.165) is 33.5 Å². The number of fused-ring (bicyclic) bond motifs is 5. The van der Waals surface area contributed by atoms with Gasteiger partial charge in [0.2, 0.25) is 6.29 Å². The monoisotopic (exact) mass is 325 g/mol. The van der Waals surface area contributed by atoms with E-state index in [2.05, 4.69) is 38.2 Å². The fourth-order valence-electron chi connectivity index (χ4n) is 3.80. The van der Waals surface area contributed by atoms with E-state index in [-0.39, 0.29) is 17.1 Å². The lowest BCUT2D eigenvalue weighted by Gasteiger charge is -2.36. The van der Waals surface area contributed by atoms with Gasteiger partial charge in [0.15, 0.2) is 11.6 Å². The van der Waals surface area contributed by atoms with Crippen molar-refractivity contribution in [3.63, 3.8) is 0 Å². The van der Waals surface area contributed by atoms with E-state index in [1.807, 2.05) is 12.1 Å². The summed E-state index contributed by atoms with van der Waals surface area (Å²) in [6.07, 6.45) is 1.56. The van der Waals surface area contributed by atoms with Crippen LogP contribution >= 0.6 is 0 Å². The number of nitrogens with one attached hydrogen (secondary N) is 1. The summed E-state index contributed by atoms with van der Waals surface area (Å²) < 4.78 is 25.6. The van der Waals surface area contributed by atoms with Crippen LogP contribution in [0, 0.1) is 5.82 Å². The number of benzene rings is 2. The van der Waals surface area contributed by atoms with Gasteiger partial charge < -0.3 is 14.8 Å². The zero-order valence-electron chi connectivity index (χ0n) is 14.2. The Kier molecular flexibility index (Phi) is 3.22. The Morgan fingerprint density at radius 3 is 2.71 bits per heavy atom. The van der Waals surface area contributed by atoms with E-state index in [4.69, 9.17) is 9.47 Å². The van der Waals surface area contributed by atoms with Crippen LogP contribution in [0.5, 0.6) is 5.75 Å². The predicted molar refractivity (Wildman–Crippen MR) is 93.6 cm³/mol. The van der Waals surface area contributed by atoms with Gasteiger partial charge in [0, 0.05) is 29.5 Å². The molecule has 0 aliphatic carbocycles. The highest BCUT2D eigenvalue weighted by molar-refractivity contribution is 5.89. The molecule has 2 aliphatic heterocycles. The third kappa shape index (κ3) is 2.13. The van der Waals surface area contributed by atoms with Gasteiger partial charge in [0.25, 0.3) is 0 Å². The fourth-order valence-corrected chi connectivity index (χ4v) is 3.80. The van der Waals surface area contributed by atoms with Gasteiger partial charge >= 0.3 is 0 Å². The van der Waals surface area contributed by atoms with Gasteiger partial charge in [0.05, 0.1) is 5.54 Å². The predicted octanol–water partition coefficient (Wildman–Crippen LogP) is 5.14. The molecule has 0 spiro atoms. The second-order valence-corrected chi connectivity index (χ2v) is 6.93. The average molecular weight is 325 g/mol. The van der Waals surface area contributed by atoms with Crippen molar-refractivity contribution in [3.05, 3.63) is 53.4 Å². The van der Waals surface area contributed by atoms with Gasteiger partial charge in [-0.1, -0.05) is 24.3 Å². The number of methoxy groups -OCH3 is 1. The summed E-state index contributed by atoms with van der Waals surface area (Å²) in [4.78, 5) is 0. The molecule has 0 fully saturated rings. The van der Waals surface area contributed by atoms with Gasteiger partial charge in [-0.3, -0.25) is 0 Å². The van der Waals surface area contributed by atoms with Gasteiger partial charge in [-0.25, -0.2) is 4.39 Å². The molecule has 124 valence electrons. The van der Waals surface area contributed by atoms with Crippen molar-refractivity contribution in [2.75, 3.05) is 12.4 Å². The molecule has 4 heteroatoms. The van der Waals surface area contributed by atoms with Crippen molar-refractivity contribution in [1.82, 2.24) is 0 Å². The Morgan fingerprint density at radius 1 is 1.17 bits per heavy atom. The second-order valence-electron chi connectivity index (χ2n) is 6.93. The van der Waals surface area contributed by atoms with Crippen LogP contribution in [0.3, 0.4) is 0 Å². The summed E-state index contributed by atoms with van der Waals surface area (Å²) in [5, 5.41) is 3.54. The number of anilines is 1. The van der Waals surface area contributed by atoms with E-state index in [0.29, 0.717) is 0 Å². The molecule has 1 atom stereocenters. The number of hydrogen-bond donors (Lipinski definition) is 1. The summed E-state index contributed by atoms with van der Waals surface area (Å²) in [7, 11) is 1.58. The summed E-state index contributed by atoms with van der Waals surface area (Å²) in [5.41, 5.74) is 5.83. The summed E-state index contributed by atoms with van der Waals surface area (Å²) in [5.74, 6) is -0.119. The molecule has 3 nitrogen and oxygen atoms in total. The van der Waals surface area contributed by atoms with Crippen LogP contribution in [-0.2, 0) is 4.74 Å². The zero-order chi connectivity index (χ0) is 17.1. The molecular weight excluding hydrogens is 305 g/mol. The second kappa shape index (κ2) is 5.08. The fraction of sp³-hybridized carbons (Fsp3) is 0.300. The molecule has 2 aromatic rings. The molecule has 0 saturated heterocycles. The minimum Gasteiger partial charge on any atom is -0.457 e. The van der Waals surface area contributed by atoms with Gasteiger partial charge in [-0.2, -0.15) is 0 Å². The molecule has 2 heterocycles. The molecule has 0 bridgehead atoms. The molecule has 2 aliphatic rings. The van der Waals surface area contributed by atoms with Crippen molar-refractivity contribution < 1.29 is 13.9 Å². The van der Waals surface area contributed by atoms with Crippen LogP contribution in [0.4, 0.5) is 10.1 Å². The first kappa shape index (κ1) is 15.2. The maximum absolute atomic E-state index is 14.2. The Labute approximate surface area is 141 Å². The standard InChI is InChI=1S/C20H20FNO2/c1-11-10-20(2,3)22-15-9-8-12-13-6-5-7-14(21)18(13)24-19(23-4)17(12)16(11)15/h5-10,19,22H,1-4H3. The largest absolute Gasteiger partial charge is 0.457 e. The highest BCUT2D eigenvalue weighted by atomic mass is 19.1. The molecule has 4 rings (SSSR count). The van der Waals surface area contributed by atoms with E-state index in [1.54, 1.807) is 13.2 Å². The molecule has 0 saturated carbocycles. The summed E-state index contributed by atoms with van der Waals surface area (Å²) >= 11 is 0. The maximum Gasteiger partial charge on any atom is 0.227 e. The molecule has 0 radical (unpaired) electrons. The summed E-state index contributed by atoms with van der Waals surface area (Å²) in [6.45, 7) is 6.36. The van der Waals surface area contributed by atoms with E-state index < -0.39 is 6.29 Å². The third-order valence-corrected chi connectivity index (χ3v) is 4.61. The Bertz CT molecular complexity index is 870. The Morgan fingerprint density at radius 2 is 1.96 bits per heavy atom. The lowest BCUT2D eigenvalue weighted by Crippen LogP contribution is -2.32. The number of rotatable bonds is 1. The number of allylic oxidation sites excluding steroid dienone is 1. The SMILES string of the molecule is COC1Oc2c(F)cccc2-c2ccc3c(c21)C(C)=CC(C)(C)N3. The quantitative estimate of drug-likeness (QED) is 0.788. The molecule has 1 N–H and O–H groups in total. The Hall–Kier alpha value is -2.33. The number of hydrogen-bond acceptors (Lipinski definition) is 3. The van der Waals surface area contributed by atoms with Crippen molar-refractivity contribution in [2.24, 2.45) is 0 Å². The topological polar surface area (TPSA) is 30.5 Å². The normalized spacial score (nSPS) is 20.0. The molecular formula is C20H20FNO2. The molecule has 2 aromatic carbocycles. The van der Waals surface area contributed by atoms with Crippen LogP contribution in [0.15, 0.2) is 36.4 Å². The molecule has 24 heavy (non-hydrogen) atoms. The Balaban J connectivity index is 2.02. The van der Waals surface area contributed by atoms with E-state index in [9.17, 15) is 4.39 Å². The minimum absolute atomic E-state index is 0.118. The smallest absolute Gasteiger partial charge is 0.227 e. The van der Waals surface area contributed by atoms with Crippen LogP contribution in [0.2, 0.25) is 0 Å². The number of para-hydroxylation sites is 1. The van der Waals surface area contributed by atoms with Crippen LogP contribution in [-0.4, -0.2) is 12.6 Å². The van der Waals surface area contributed by atoms with Gasteiger partial charge in [-0.05, 0) is 44.0 Å². The van der Waals surface area contributed by atoms with Crippen molar-refractivity contribution in [2.45, 2.75) is 32.6 Å². The lowest BCUT2D eigenvalue weighted by molar-refractivity contribution is -0.0600. The van der Waals surface area contributed by atoms with Gasteiger partial charge in [-0.15, -0.1) is 0 Å². The minimum atomic E-state index is -0.634. The van der Waals surface area contributed by atoms with Crippen molar-refractivity contribution in [3.8, 4) is 16.9 Å². The maximum atomic E-state index is 14.2. The molecule has 0 aromatic heterocycles. The van der Waals surface area contributed by atoms with E-state index in [1.165, 1.54) is 6.07 Å². The van der Waals surface area contributed by atoms with Crippen molar-refractivity contribution in [1.29, 1.82) is 0 Å². The highest BCUT2D eigenvalue weighted by Gasteiger charge is 2.34. The first-order chi connectivity index (χ1) is 11.4. The zero-order valence-corrected chi connectivity index (χ0v) is 14.2. The lowest BCUT2D eigenvalue weighted by atomic mass is 9.84.